The van der Waals surface area contributed by atoms with Gasteiger partial charge in [-0.05, 0) is 31.4 Å². The Balaban J connectivity index is 1.35. The predicted molar refractivity (Wildman–Crippen MR) is 113 cm³/mol. The van der Waals surface area contributed by atoms with Crippen LogP contribution in [0.2, 0.25) is 0 Å². The van der Waals surface area contributed by atoms with E-state index in [0.29, 0.717) is 24.0 Å². The normalized spacial score (nSPS) is 28.0. The number of alkyl halides is 1. The van der Waals surface area contributed by atoms with Gasteiger partial charge in [0, 0.05) is 50.8 Å². The molecule has 2 atom stereocenters. The number of nitrogens with zero attached hydrogens (tertiary/aromatic N) is 6. The highest BCUT2D eigenvalue weighted by Crippen LogP contribution is 2.38. The topological polar surface area (TPSA) is 64.2 Å². The number of nitrogens with two attached hydrogens (primary N) is 1. The molecule has 1 aromatic rings. The van der Waals surface area contributed by atoms with Gasteiger partial charge in [-0.15, -0.1) is 0 Å². The van der Waals surface area contributed by atoms with Crippen molar-refractivity contribution in [3.63, 3.8) is 0 Å². The second-order valence-corrected chi connectivity index (χ2v) is 8.38. The average Bonchev–Trinajstić information content (AvgIpc) is 3.30. The van der Waals surface area contributed by atoms with Crippen LogP contribution in [0.3, 0.4) is 0 Å². The zero-order valence-corrected chi connectivity index (χ0v) is 16.9. The number of allylic oxidation sites excluding steroid dienone is 1. The van der Waals surface area contributed by atoms with E-state index in [0.717, 1.165) is 49.7 Å². The first-order chi connectivity index (χ1) is 14.1. The minimum absolute atomic E-state index is 0.354. The zero-order valence-electron chi connectivity index (χ0n) is 16.2. The van der Waals surface area contributed by atoms with E-state index in [2.05, 4.69) is 19.8 Å². The molecule has 0 aromatic carbocycles. The van der Waals surface area contributed by atoms with E-state index >= 15 is 0 Å². The molecule has 5 heterocycles. The lowest BCUT2D eigenvalue weighted by Crippen LogP contribution is -2.47. The zero-order chi connectivity index (χ0) is 20.0. The van der Waals surface area contributed by atoms with Crippen LogP contribution in [-0.2, 0) is 0 Å². The summed E-state index contributed by atoms with van der Waals surface area (Å²) in [6, 6.07) is 2.50. The Hall–Kier alpha value is -2.16. The number of rotatable bonds is 3. The third-order valence-electron chi connectivity index (χ3n) is 6.14. The summed E-state index contributed by atoms with van der Waals surface area (Å²) in [5.74, 6) is 0.755. The molecule has 29 heavy (non-hydrogen) atoms. The molecule has 2 N–H and O–H groups in total. The molecular weight excluding hydrogens is 393 g/mol. The molecule has 0 saturated carbocycles. The van der Waals surface area contributed by atoms with Crippen LogP contribution in [0.1, 0.15) is 19.3 Å². The summed E-state index contributed by atoms with van der Waals surface area (Å²) >= 11 is 6.18. The van der Waals surface area contributed by atoms with Gasteiger partial charge in [0.2, 0.25) is 0 Å². The molecule has 4 aliphatic rings. The van der Waals surface area contributed by atoms with E-state index in [1.54, 1.807) is 6.21 Å². The maximum absolute atomic E-state index is 13.6. The second-order valence-electron chi connectivity index (χ2n) is 7.94. The number of hydrogen-bond acceptors (Lipinski definition) is 7. The van der Waals surface area contributed by atoms with Gasteiger partial charge < -0.3 is 10.6 Å². The van der Waals surface area contributed by atoms with Crippen LogP contribution in [0.5, 0.6) is 0 Å². The molecule has 0 aliphatic carbocycles. The molecule has 4 aliphatic heterocycles. The Morgan fingerprint density at radius 1 is 1.14 bits per heavy atom. The third-order valence-corrected chi connectivity index (χ3v) is 6.34. The van der Waals surface area contributed by atoms with Gasteiger partial charge >= 0.3 is 0 Å². The summed E-state index contributed by atoms with van der Waals surface area (Å²) in [5.41, 5.74) is 8.42. The molecule has 0 spiro atoms. The van der Waals surface area contributed by atoms with Crippen molar-refractivity contribution < 1.29 is 4.39 Å². The lowest BCUT2D eigenvalue weighted by Gasteiger charge is -2.40. The maximum Gasteiger partial charge on any atom is 0.150 e. The number of piperidine rings is 1. The van der Waals surface area contributed by atoms with E-state index in [4.69, 9.17) is 17.3 Å². The fraction of sp³-hybridized carbons (Fsp3) is 0.500. The van der Waals surface area contributed by atoms with Crippen molar-refractivity contribution in [3.05, 3.63) is 41.6 Å². The van der Waals surface area contributed by atoms with Gasteiger partial charge in [0.15, 0.2) is 5.82 Å². The fourth-order valence-electron chi connectivity index (χ4n) is 4.71. The van der Waals surface area contributed by atoms with Crippen LogP contribution in [0, 0.1) is 0 Å². The highest BCUT2D eigenvalue weighted by Gasteiger charge is 2.35. The predicted octanol–water partition coefficient (Wildman–Crippen LogP) is 2.42. The number of anilines is 2. The molecule has 1 aromatic heterocycles. The SMILES string of the molecule is N[C@H]1C=C2N=CC(Cl)=CN2N1c1cnccc1N1CCC(N2CCC(F)C2)CC1. The number of pyridine rings is 1. The van der Waals surface area contributed by atoms with Crippen LogP contribution in [0.15, 0.2) is 46.6 Å². The highest BCUT2D eigenvalue weighted by molar-refractivity contribution is 6.39. The van der Waals surface area contributed by atoms with Gasteiger partial charge in [-0.2, -0.15) is 0 Å². The van der Waals surface area contributed by atoms with Crippen molar-refractivity contribution in [1.29, 1.82) is 0 Å². The van der Waals surface area contributed by atoms with Crippen LogP contribution in [0.4, 0.5) is 15.8 Å². The first kappa shape index (κ1) is 18.8. The molecule has 2 fully saturated rings. The Bertz CT molecular complexity index is 864. The van der Waals surface area contributed by atoms with E-state index in [1.165, 1.54) is 0 Å². The van der Waals surface area contributed by atoms with Crippen LogP contribution < -0.4 is 15.6 Å². The summed E-state index contributed by atoms with van der Waals surface area (Å²) in [7, 11) is 0. The van der Waals surface area contributed by atoms with Crippen molar-refractivity contribution in [1.82, 2.24) is 14.9 Å². The minimum atomic E-state index is -0.662. The molecule has 2 saturated heterocycles. The summed E-state index contributed by atoms with van der Waals surface area (Å²) in [6.45, 7) is 3.32. The van der Waals surface area contributed by atoms with Gasteiger partial charge in [-0.25, -0.2) is 14.4 Å². The molecule has 0 amide bonds. The minimum Gasteiger partial charge on any atom is -0.370 e. The molecule has 0 bridgehead atoms. The van der Waals surface area contributed by atoms with Crippen molar-refractivity contribution in [2.45, 2.75) is 37.6 Å². The van der Waals surface area contributed by atoms with Crippen molar-refractivity contribution in [3.8, 4) is 0 Å². The molecule has 7 nitrogen and oxygen atoms in total. The van der Waals surface area contributed by atoms with Gasteiger partial charge in [0.1, 0.15) is 18.0 Å². The Morgan fingerprint density at radius 2 is 1.97 bits per heavy atom. The molecule has 1 unspecified atom stereocenters. The van der Waals surface area contributed by atoms with Crippen molar-refractivity contribution in [2.24, 2.45) is 10.7 Å². The molecule has 9 heteroatoms. The lowest BCUT2D eigenvalue weighted by atomic mass is 10.0. The number of hydrogen-bond donors (Lipinski definition) is 1. The smallest absolute Gasteiger partial charge is 0.150 e. The van der Waals surface area contributed by atoms with Gasteiger partial charge in [0.05, 0.1) is 16.9 Å². The summed E-state index contributed by atoms with van der Waals surface area (Å²) in [5, 5.41) is 4.40. The number of aliphatic imine (C=N–C) groups is 1. The number of fused-ring (bicyclic) bond motifs is 1. The number of hydrazine groups is 1. The Labute approximate surface area is 174 Å². The molecule has 5 rings (SSSR count). The van der Waals surface area contributed by atoms with E-state index < -0.39 is 6.17 Å². The van der Waals surface area contributed by atoms with E-state index in [1.807, 2.05) is 40.8 Å². The summed E-state index contributed by atoms with van der Waals surface area (Å²) in [6.07, 6.45) is 10.7. The molecule has 0 radical (unpaired) electrons. The monoisotopic (exact) mass is 417 g/mol. The van der Waals surface area contributed by atoms with E-state index in [9.17, 15) is 4.39 Å². The standard InChI is InChI=1S/C20H25ClFN7/c21-14-10-25-20-9-19(23)29(28(20)12-14)18-11-24-5-1-17(18)26-7-3-16(4-8-26)27-6-2-15(22)13-27/h1,5,9-12,15-16,19H,2-4,6-8,13,23H2/t15?,19-/m1/s1. The van der Waals surface area contributed by atoms with E-state index in [-0.39, 0.29) is 6.17 Å². The molecule has 154 valence electrons. The third kappa shape index (κ3) is 3.49. The van der Waals surface area contributed by atoms with Crippen molar-refractivity contribution >= 4 is 29.2 Å². The Morgan fingerprint density at radius 3 is 2.72 bits per heavy atom. The largest absolute Gasteiger partial charge is 0.370 e. The first-order valence-electron chi connectivity index (χ1n) is 10.1. The number of halogens is 2. The van der Waals surface area contributed by atoms with Gasteiger partial charge in [-0.1, -0.05) is 11.6 Å². The van der Waals surface area contributed by atoms with Crippen LogP contribution in [0.25, 0.3) is 0 Å². The summed E-state index contributed by atoms with van der Waals surface area (Å²) in [4.78, 5) is 13.4. The lowest BCUT2D eigenvalue weighted by molar-refractivity contribution is 0.192. The Kier molecular flexibility index (Phi) is 4.93. The van der Waals surface area contributed by atoms with Gasteiger partial charge in [0.25, 0.3) is 0 Å². The first-order valence-corrected chi connectivity index (χ1v) is 10.5. The highest BCUT2D eigenvalue weighted by atomic mass is 35.5. The number of likely N-dealkylation sites (tertiary alicyclic amines) is 1. The summed E-state index contributed by atoms with van der Waals surface area (Å²) < 4.78 is 13.6. The second kappa shape index (κ2) is 7.59. The molecular formula is C20H25ClFN7. The quantitative estimate of drug-likeness (QED) is 0.814. The van der Waals surface area contributed by atoms with Crippen LogP contribution in [-0.4, -0.2) is 65.7 Å². The van der Waals surface area contributed by atoms with Gasteiger partial charge in [-0.3, -0.25) is 14.9 Å². The average molecular weight is 418 g/mol. The van der Waals surface area contributed by atoms with Crippen LogP contribution >= 0.6 is 11.6 Å². The fourth-order valence-corrected chi connectivity index (χ4v) is 4.85. The maximum atomic E-state index is 13.6. The number of aromatic nitrogens is 1. The van der Waals surface area contributed by atoms with Crippen molar-refractivity contribution in [2.75, 3.05) is 36.1 Å².